The topological polar surface area (TPSA) is 75.4 Å². The van der Waals surface area contributed by atoms with Crippen molar-refractivity contribution in [2.24, 2.45) is 11.7 Å². The number of primary amides is 1. The molecule has 0 aliphatic carbocycles. The van der Waals surface area contributed by atoms with Gasteiger partial charge in [-0.2, -0.15) is 0 Å². The highest BCUT2D eigenvalue weighted by Crippen LogP contribution is 2.16. The molecule has 5 nitrogen and oxygen atoms in total. The number of carbonyl (C=O) groups excluding carboxylic acids is 2. The molecule has 0 radical (unpaired) electrons. The van der Waals surface area contributed by atoms with Crippen molar-refractivity contribution in [3.8, 4) is 0 Å². The van der Waals surface area contributed by atoms with E-state index in [1.807, 2.05) is 4.90 Å². The fraction of sp³-hybridized carbons (Fsp3) is 0.429. The molecule has 0 spiro atoms. The molecule has 3 N–H and O–H groups in total. The van der Waals surface area contributed by atoms with Crippen molar-refractivity contribution in [2.45, 2.75) is 12.8 Å². The van der Waals surface area contributed by atoms with E-state index in [4.69, 9.17) is 5.73 Å². The van der Waals surface area contributed by atoms with Crippen LogP contribution < -0.4 is 11.1 Å². The predicted octanol–water partition coefficient (Wildman–Crippen LogP) is 0.961. The van der Waals surface area contributed by atoms with Gasteiger partial charge in [0.2, 0.25) is 11.8 Å². The zero-order valence-electron chi connectivity index (χ0n) is 11.1. The quantitative estimate of drug-likeness (QED) is 0.862. The minimum Gasteiger partial charge on any atom is -0.369 e. The van der Waals surface area contributed by atoms with E-state index in [9.17, 15) is 14.0 Å². The molecule has 0 bridgehead atoms. The van der Waals surface area contributed by atoms with Crippen LogP contribution in [-0.4, -0.2) is 36.3 Å². The van der Waals surface area contributed by atoms with E-state index in [2.05, 4.69) is 5.32 Å². The van der Waals surface area contributed by atoms with Gasteiger partial charge in [0, 0.05) is 12.2 Å². The minimum absolute atomic E-state index is 0.178. The maximum Gasteiger partial charge on any atom is 0.238 e. The van der Waals surface area contributed by atoms with Crippen LogP contribution in [0.2, 0.25) is 0 Å². The largest absolute Gasteiger partial charge is 0.369 e. The Balaban J connectivity index is 1.85. The number of hydrogen-bond acceptors (Lipinski definition) is 3. The summed E-state index contributed by atoms with van der Waals surface area (Å²) in [4.78, 5) is 25.0. The standard InChI is InChI=1S/C14H18FN3O2/c15-11-3-5-12(6-4-11)17-13(19)9-18-7-1-2-10(8-18)14(16)20/h3-6,10H,1-2,7-9H2,(H2,16,20)(H,17,19)/t10-/m1/s1. The normalized spacial score (nSPS) is 19.6. The molecule has 1 saturated heterocycles. The van der Waals surface area contributed by atoms with Gasteiger partial charge in [0.15, 0.2) is 0 Å². The van der Waals surface area contributed by atoms with Crippen LogP contribution in [0, 0.1) is 11.7 Å². The van der Waals surface area contributed by atoms with Crippen LogP contribution in [0.25, 0.3) is 0 Å². The van der Waals surface area contributed by atoms with Crippen LogP contribution >= 0.6 is 0 Å². The Hall–Kier alpha value is -1.95. The Kier molecular flexibility index (Phi) is 4.68. The van der Waals surface area contributed by atoms with E-state index >= 15 is 0 Å². The number of halogens is 1. The molecular formula is C14H18FN3O2. The zero-order chi connectivity index (χ0) is 14.5. The number of nitrogens with zero attached hydrogens (tertiary/aromatic N) is 1. The van der Waals surface area contributed by atoms with Crippen molar-refractivity contribution >= 4 is 17.5 Å². The molecule has 1 aliphatic rings. The summed E-state index contributed by atoms with van der Waals surface area (Å²) in [6.45, 7) is 1.51. The first-order valence-electron chi connectivity index (χ1n) is 6.61. The van der Waals surface area contributed by atoms with Gasteiger partial charge in [0.05, 0.1) is 12.5 Å². The Labute approximate surface area is 116 Å². The van der Waals surface area contributed by atoms with Crippen molar-refractivity contribution in [1.82, 2.24) is 4.90 Å². The Bertz CT molecular complexity index is 490. The number of carbonyl (C=O) groups is 2. The molecule has 2 amide bonds. The first kappa shape index (κ1) is 14.5. The monoisotopic (exact) mass is 279 g/mol. The number of benzene rings is 1. The third-order valence-electron chi connectivity index (χ3n) is 3.40. The third-order valence-corrected chi connectivity index (χ3v) is 3.40. The van der Waals surface area contributed by atoms with E-state index in [0.29, 0.717) is 12.2 Å². The van der Waals surface area contributed by atoms with Gasteiger partial charge >= 0.3 is 0 Å². The number of amides is 2. The van der Waals surface area contributed by atoms with Crippen molar-refractivity contribution in [3.63, 3.8) is 0 Å². The predicted molar refractivity (Wildman–Crippen MR) is 73.4 cm³/mol. The summed E-state index contributed by atoms with van der Waals surface area (Å²) in [5.74, 6) is -1.01. The number of likely N-dealkylation sites (tertiary alicyclic amines) is 1. The second-order valence-electron chi connectivity index (χ2n) is 5.03. The van der Waals surface area contributed by atoms with Gasteiger partial charge in [-0.15, -0.1) is 0 Å². The van der Waals surface area contributed by atoms with E-state index in [1.54, 1.807) is 0 Å². The van der Waals surface area contributed by atoms with Gasteiger partial charge < -0.3 is 11.1 Å². The summed E-state index contributed by atoms with van der Waals surface area (Å²) in [7, 11) is 0. The summed E-state index contributed by atoms with van der Waals surface area (Å²) in [5.41, 5.74) is 5.85. The van der Waals surface area contributed by atoms with Gasteiger partial charge in [-0.05, 0) is 43.7 Å². The van der Waals surface area contributed by atoms with Gasteiger partial charge in [-0.1, -0.05) is 0 Å². The molecule has 6 heteroatoms. The SMILES string of the molecule is NC(=O)[C@@H]1CCCN(CC(=O)Nc2ccc(F)cc2)C1. The fourth-order valence-corrected chi connectivity index (χ4v) is 2.37. The Morgan fingerprint density at radius 1 is 1.35 bits per heavy atom. The van der Waals surface area contributed by atoms with Crippen LogP contribution in [0.15, 0.2) is 24.3 Å². The average molecular weight is 279 g/mol. The molecule has 0 aromatic heterocycles. The lowest BCUT2D eigenvalue weighted by atomic mass is 9.97. The number of piperidine rings is 1. The van der Waals surface area contributed by atoms with Crippen LogP contribution in [0.3, 0.4) is 0 Å². The molecule has 2 rings (SSSR count). The number of nitrogens with two attached hydrogens (primary N) is 1. The maximum absolute atomic E-state index is 12.8. The van der Waals surface area contributed by atoms with Gasteiger partial charge in [0.25, 0.3) is 0 Å². The molecular weight excluding hydrogens is 261 g/mol. The Morgan fingerprint density at radius 2 is 2.05 bits per heavy atom. The fourth-order valence-electron chi connectivity index (χ4n) is 2.37. The average Bonchev–Trinajstić information content (AvgIpc) is 2.41. The van der Waals surface area contributed by atoms with Crippen molar-refractivity contribution in [1.29, 1.82) is 0 Å². The summed E-state index contributed by atoms with van der Waals surface area (Å²) < 4.78 is 12.8. The lowest BCUT2D eigenvalue weighted by Crippen LogP contribution is -2.44. The second-order valence-corrected chi connectivity index (χ2v) is 5.03. The highest BCUT2D eigenvalue weighted by atomic mass is 19.1. The summed E-state index contributed by atoms with van der Waals surface area (Å²) >= 11 is 0. The number of nitrogens with one attached hydrogen (secondary N) is 1. The zero-order valence-corrected chi connectivity index (χ0v) is 11.1. The summed E-state index contributed by atoms with van der Waals surface area (Å²) in [5, 5.41) is 2.70. The molecule has 1 fully saturated rings. The third kappa shape index (κ3) is 4.03. The van der Waals surface area contributed by atoms with E-state index in [0.717, 1.165) is 19.4 Å². The molecule has 1 aliphatic heterocycles. The molecule has 0 saturated carbocycles. The molecule has 1 heterocycles. The molecule has 108 valence electrons. The van der Waals surface area contributed by atoms with Crippen molar-refractivity contribution < 1.29 is 14.0 Å². The highest BCUT2D eigenvalue weighted by molar-refractivity contribution is 5.92. The first-order chi connectivity index (χ1) is 9.54. The maximum atomic E-state index is 12.8. The van der Waals surface area contributed by atoms with E-state index < -0.39 is 0 Å². The van der Waals surface area contributed by atoms with E-state index in [-0.39, 0.29) is 30.1 Å². The summed E-state index contributed by atoms with van der Waals surface area (Å²) in [6.07, 6.45) is 1.64. The lowest BCUT2D eigenvalue weighted by molar-refractivity contribution is -0.125. The van der Waals surface area contributed by atoms with Gasteiger partial charge in [-0.3, -0.25) is 14.5 Å². The minimum atomic E-state index is -0.344. The van der Waals surface area contributed by atoms with Crippen LogP contribution in [0.4, 0.5) is 10.1 Å². The van der Waals surface area contributed by atoms with Crippen molar-refractivity contribution in [2.75, 3.05) is 25.0 Å². The van der Waals surface area contributed by atoms with Crippen LogP contribution in [-0.2, 0) is 9.59 Å². The lowest BCUT2D eigenvalue weighted by Gasteiger charge is -2.30. The highest BCUT2D eigenvalue weighted by Gasteiger charge is 2.25. The molecule has 1 atom stereocenters. The molecule has 1 aromatic carbocycles. The molecule has 1 aromatic rings. The first-order valence-corrected chi connectivity index (χ1v) is 6.61. The number of hydrogen-bond donors (Lipinski definition) is 2. The Morgan fingerprint density at radius 3 is 2.70 bits per heavy atom. The van der Waals surface area contributed by atoms with E-state index in [1.165, 1.54) is 24.3 Å². The second kappa shape index (κ2) is 6.47. The molecule has 0 unspecified atom stereocenters. The number of rotatable bonds is 4. The smallest absolute Gasteiger partial charge is 0.238 e. The molecule has 20 heavy (non-hydrogen) atoms. The van der Waals surface area contributed by atoms with Gasteiger partial charge in [0.1, 0.15) is 5.82 Å². The van der Waals surface area contributed by atoms with Crippen molar-refractivity contribution in [3.05, 3.63) is 30.1 Å². The van der Waals surface area contributed by atoms with Gasteiger partial charge in [-0.25, -0.2) is 4.39 Å². The summed E-state index contributed by atoms with van der Waals surface area (Å²) in [6, 6.07) is 5.60. The van der Waals surface area contributed by atoms with Crippen LogP contribution in [0.1, 0.15) is 12.8 Å². The number of anilines is 1. The van der Waals surface area contributed by atoms with Crippen LogP contribution in [0.5, 0.6) is 0 Å².